The molecule has 2 rings (SSSR count). The normalized spacial score (nSPS) is 17.0. The van der Waals surface area contributed by atoms with Crippen molar-refractivity contribution < 1.29 is 9.59 Å². The summed E-state index contributed by atoms with van der Waals surface area (Å²) in [4.78, 5) is 37.7. The molecule has 0 aliphatic carbocycles. The van der Waals surface area contributed by atoms with E-state index in [-0.39, 0.29) is 35.1 Å². The largest absolute Gasteiger partial charge is 0.354 e. The number of hydrogen-bond acceptors (Lipinski definition) is 5. The zero-order chi connectivity index (χ0) is 17.5. The highest BCUT2D eigenvalue weighted by atomic mass is 35.5. The molecule has 0 radical (unpaired) electrons. The molecule has 0 saturated carbocycles. The van der Waals surface area contributed by atoms with Crippen LogP contribution in [0.15, 0.2) is 10.2 Å². The Kier molecular flexibility index (Phi) is 9.16. The van der Waals surface area contributed by atoms with Crippen molar-refractivity contribution in [1.82, 2.24) is 14.8 Å². The number of carbonyl (C=O) groups is 2. The summed E-state index contributed by atoms with van der Waals surface area (Å²) < 4.78 is 1.64. The highest BCUT2D eigenvalue weighted by Gasteiger charge is 2.26. The van der Waals surface area contributed by atoms with Gasteiger partial charge in [-0.15, -0.1) is 12.4 Å². The van der Waals surface area contributed by atoms with Crippen LogP contribution in [0.3, 0.4) is 0 Å². The van der Waals surface area contributed by atoms with Crippen LogP contribution >= 0.6 is 23.7 Å². The second-order valence-corrected chi connectivity index (χ2v) is 6.94. The van der Waals surface area contributed by atoms with Gasteiger partial charge in [0.05, 0.1) is 0 Å². The number of carbonyl (C=O) groups excluding carboxylic acids is 2. The second kappa shape index (κ2) is 10.6. The van der Waals surface area contributed by atoms with Crippen LogP contribution in [0.1, 0.15) is 37.8 Å². The van der Waals surface area contributed by atoms with Crippen molar-refractivity contribution >= 4 is 35.6 Å². The summed E-state index contributed by atoms with van der Waals surface area (Å²) in [7, 11) is 0. The third kappa shape index (κ3) is 6.13. The number of aromatic nitrogens is 1. The number of hydrogen-bond donors (Lipinski definition) is 2. The first-order valence-electron chi connectivity index (χ1n) is 8.44. The fourth-order valence-electron chi connectivity index (χ4n) is 3.02. The van der Waals surface area contributed by atoms with Crippen molar-refractivity contribution in [2.45, 2.75) is 51.6 Å². The molecule has 2 heterocycles. The Morgan fingerprint density at radius 1 is 1.36 bits per heavy atom. The van der Waals surface area contributed by atoms with E-state index in [0.717, 1.165) is 36.3 Å². The summed E-state index contributed by atoms with van der Waals surface area (Å²) in [6, 6.07) is 0.0354. The van der Waals surface area contributed by atoms with Crippen molar-refractivity contribution in [2.24, 2.45) is 5.73 Å². The summed E-state index contributed by atoms with van der Waals surface area (Å²) in [5, 5.41) is 4.67. The molecule has 1 atom stereocenters. The summed E-state index contributed by atoms with van der Waals surface area (Å²) in [5.41, 5.74) is 6.26. The Labute approximate surface area is 158 Å². The number of rotatable bonds is 7. The van der Waals surface area contributed by atoms with E-state index in [1.165, 1.54) is 0 Å². The minimum absolute atomic E-state index is 0. The lowest BCUT2D eigenvalue weighted by atomic mass is 10.0. The van der Waals surface area contributed by atoms with E-state index in [1.54, 1.807) is 4.57 Å². The molecule has 3 N–H and O–H groups in total. The maximum atomic E-state index is 12.6. The van der Waals surface area contributed by atoms with E-state index in [1.807, 2.05) is 17.2 Å². The number of thiazole rings is 1. The first-order valence-corrected chi connectivity index (χ1v) is 9.32. The molecular weight excluding hydrogens is 364 g/mol. The van der Waals surface area contributed by atoms with E-state index in [0.29, 0.717) is 39.0 Å². The van der Waals surface area contributed by atoms with E-state index >= 15 is 0 Å². The van der Waals surface area contributed by atoms with Crippen LogP contribution in [0.5, 0.6) is 0 Å². The van der Waals surface area contributed by atoms with Gasteiger partial charge >= 0.3 is 4.87 Å². The molecule has 1 aromatic heterocycles. The van der Waals surface area contributed by atoms with Gasteiger partial charge in [-0.25, -0.2) is 0 Å². The van der Waals surface area contributed by atoms with Crippen LogP contribution < -0.4 is 15.9 Å². The third-order valence-corrected chi connectivity index (χ3v) is 5.26. The van der Waals surface area contributed by atoms with E-state index in [9.17, 15) is 14.4 Å². The van der Waals surface area contributed by atoms with E-state index in [4.69, 9.17) is 5.73 Å². The van der Waals surface area contributed by atoms with Crippen molar-refractivity contribution in [1.29, 1.82) is 0 Å². The summed E-state index contributed by atoms with van der Waals surface area (Å²) in [6.45, 7) is 3.80. The van der Waals surface area contributed by atoms with Crippen LogP contribution in [0.4, 0.5) is 0 Å². The summed E-state index contributed by atoms with van der Waals surface area (Å²) in [5.74, 6) is -0.0267. The Morgan fingerprint density at radius 3 is 2.76 bits per heavy atom. The Bertz CT molecular complexity index is 631. The topological polar surface area (TPSA) is 97.4 Å². The van der Waals surface area contributed by atoms with Gasteiger partial charge in [0.1, 0.15) is 0 Å². The molecule has 1 aliphatic rings. The van der Waals surface area contributed by atoms with Gasteiger partial charge in [-0.05, 0) is 26.2 Å². The maximum Gasteiger partial charge on any atom is 0.307 e. The van der Waals surface area contributed by atoms with Gasteiger partial charge in [-0.1, -0.05) is 11.3 Å². The molecule has 0 aromatic carbocycles. The maximum absolute atomic E-state index is 12.6. The number of halogens is 1. The van der Waals surface area contributed by atoms with Crippen molar-refractivity contribution in [2.75, 3.05) is 19.6 Å². The molecule has 1 fully saturated rings. The average Bonchev–Trinajstić information content (AvgIpc) is 2.89. The van der Waals surface area contributed by atoms with Crippen molar-refractivity contribution in [3.05, 3.63) is 20.7 Å². The molecule has 1 aliphatic heterocycles. The number of nitrogens with zero attached hydrogens (tertiary/aromatic N) is 2. The lowest BCUT2D eigenvalue weighted by Gasteiger charge is -2.36. The Morgan fingerprint density at radius 2 is 2.12 bits per heavy atom. The minimum Gasteiger partial charge on any atom is -0.354 e. The smallest absolute Gasteiger partial charge is 0.307 e. The number of piperidine rings is 1. The average molecular weight is 391 g/mol. The van der Waals surface area contributed by atoms with Gasteiger partial charge in [-0.3, -0.25) is 14.4 Å². The molecule has 0 spiro atoms. The van der Waals surface area contributed by atoms with Crippen LogP contribution in [0.25, 0.3) is 0 Å². The fraction of sp³-hybridized carbons (Fsp3) is 0.688. The first kappa shape index (κ1) is 21.7. The third-order valence-electron chi connectivity index (χ3n) is 4.38. The number of nitrogens with two attached hydrogens (primary N) is 1. The molecule has 1 saturated heterocycles. The summed E-state index contributed by atoms with van der Waals surface area (Å²) >= 11 is 1.16. The standard InChI is InChI=1S/C16H26N4O3S.ClH/c1-12-11-24-16(23)19(12)9-6-15(22)20-8-3-2-4-13(20)10-18-14(21)5-7-17;/h11,13H,2-10,17H2,1H3,(H,18,21);1H. The Balaban J connectivity index is 0.00000312. The SMILES string of the molecule is Cc1csc(=O)n1CCC(=O)N1CCCCC1CNC(=O)CCN.Cl. The second-order valence-electron chi connectivity index (χ2n) is 6.12. The predicted octanol–water partition coefficient (Wildman–Crippen LogP) is 0.876. The van der Waals surface area contributed by atoms with E-state index < -0.39 is 0 Å². The zero-order valence-corrected chi connectivity index (χ0v) is 16.2. The van der Waals surface area contributed by atoms with Gasteiger partial charge < -0.3 is 20.5 Å². The first-order chi connectivity index (χ1) is 11.5. The van der Waals surface area contributed by atoms with Crippen LogP contribution in [-0.2, 0) is 16.1 Å². The highest BCUT2D eigenvalue weighted by molar-refractivity contribution is 7.07. The fourth-order valence-corrected chi connectivity index (χ4v) is 3.78. The monoisotopic (exact) mass is 390 g/mol. The zero-order valence-electron chi connectivity index (χ0n) is 14.5. The molecule has 142 valence electrons. The van der Waals surface area contributed by atoms with Crippen LogP contribution in [-0.4, -0.2) is 47.0 Å². The molecular formula is C16H27ClN4O3S. The minimum atomic E-state index is -0.0732. The van der Waals surface area contributed by atoms with Gasteiger partial charge in [0.25, 0.3) is 0 Å². The molecule has 25 heavy (non-hydrogen) atoms. The van der Waals surface area contributed by atoms with Crippen molar-refractivity contribution in [3.8, 4) is 0 Å². The lowest BCUT2D eigenvalue weighted by Crippen LogP contribution is -2.49. The molecule has 7 nitrogen and oxygen atoms in total. The quantitative estimate of drug-likeness (QED) is 0.722. The Hall–Kier alpha value is -1.38. The van der Waals surface area contributed by atoms with Gasteiger partial charge in [-0.2, -0.15) is 0 Å². The van der Waals surface area contributed by atoms with Crippen LogP contribution in [0.2, 0.25) is 0 Å². The summed E-state index contributed by atoms with van der Waals surface area (Å²) in [6.07, 6.45) is 3.55. The van der Waals surface area contributed by atoms with Gasteiger partial charge in [0, 0.05) is 56.1 Å². The number of likely N-dealkylation sites (tertiary alicyclic amines) is 1. The highest BCUT2D eigenvalue weighted by Crippen LogP contribution is 2.18. The lowest BCUT2D eigenvalue weighted by molar-refractivity contribution is -0.135. The van der Waals surface area contributed by atoms with Crippen LogP contribution in [0, 0.1) is 6.92 Å². The van der Waals surface area contributed by atoms with Crippen molar-refractivity contribution in [3.63, 3.8) is 0 Å². The predicted molar refractivity (Wildman–Crippen MR) is 101 cm³/mol. The van der Waals surface area contributed by atoms with E-state index in [2.05, 4.69) is 5.32 Å². The van der Waals surface area contributed by atoms with Gasteiger partial charge in [0.2, 0.25) is 11.8 Å². The number of amides is 2. The molecule has 9 heteroatoms. The molecule has 2 amide bonds. The number of nitrogens with one attached hydrogen (secondary N) is 1. The molecule has 1 unspecified atom stereocenters. The van der Waals surface area contributed by atoms with Gasteiger partial charge in [0.15, 0.2) is 0 Å². The molecule has 0 bridgehead atoms. The number of aryl methyl sites for hydroxylation is 1. The molecule has 1 aromatic rings.